The lowest BCUT2D eigenvalue weighted by Crippen LogP contribution is -2.11. The number of carbonyl (C=O) groups excluding carboxylic acids is 1. The molecule has 0 spiro atoms. The molecule has 0 atom stereocenters. The molecule has 0 fully saturated rings. The van der Waals surface area contributed by atoms with Crippen molar-refractivity contribution < 1.29 is 4.79 Å². The Labute approximate surface area is 114 Å². The third-order valence-electron chi connectivity index (χ3n) is 2.55. The molecule has 1 aromatic carbocycles. The van der Waals surface area contributed by atoms with Crippen LogP contribution < -0.4 is 5.32 Å². The van der Waals surface area contributed by atoms with Crippen molar-refractivity contribution in [3.63, 3.8) is 0 Å². The van der Waals surface area contributed by atoms with E-state index in [2.05, 4.69) is 45.3 Å². The SMILES string of the molecule is CC(C)c1cc(NC(=O)c2cccc(Br)c2)n[nH]1. The smallest absolute Gasteiger partial charge is 0.256 e. The summed E-state index contributed by atoms with van der Waals surface area (Å²) in [5.41, 5.74) is 1.60. The molecule has 0 aliphatic carbocycles. The van der Waals surface area contributed by atoms with Gasteiger partial charge in [0.05, 0.1) is 0 Å². The van der Waals surface area contributed by atoms with Crippen molar-refractivity contribution in [3.8, 4) is 0 Å². The molecule has 1 aromatic heterocycles. The Kier molecular flexibility index (Phi) is 3.81. The van der Waals surface area contributed by atoms with E-state index in [-0.39, 0.29) is 5.91 Å². The molecule has 0 saturated carbocycles. The van der Waals surface area contributed by atoms with E-state index >= 15 is 0 Å². The van der Waals surface area contributed by atoms with Crippen LogP contribution in [0.15, 0.2) is 34.8 Å². The van der Waals surface area contributed by atoms with Crippen LogP contribution in [-0.2, 0) is 0 Å². The Balaban J connectivity index is 2.11. The first-order chi connectivity index (χ1) is 8.56. The maximum atomic E-state index is 12.0. The molecule has 94 valence electrons. The third kappa shape index (κ3) is 2.98. The maximum Gasteiger partial charge on any atom is 0.256 e. The number of nitrogens with one attached hydrogen (secondary N) is 2. The zero-order chi connectivity index (χ0) is 13.1. The van der Waals surface area contributed by atoms with Crippen LogP contribution >= 0.6 is 15.9 Å². The van der Waals surface area contributed by atoms with Crippen LogP contribution in [0.5, 0.6) is 0 Å². The highest BCUT2D eigenvalue weighted by molar-refractivity contribution is 9.10. The molecular weight excluding hydrogens is 294 g/mol. The fourth-order valence-corrected chi connectivity index (χ4v) is 1.91. The molecule has 5 heteroatoms. The summed E-state index contributed by atoms with van der Waals surface area (Å²) in [6.45, 7) is 4.13. The first-order valence-corrected chi connectivity index (χ1v) is 6.48. The molecule has 2 rings (SSSR count). The van der Waals surface area contributed by atoms with Gasteiger partial charge in [0.25, 0.3) is 5.91 Å². The molecule has 0 unspecified atom stereocenters. The van der Waals surface area contributed by atoms with E-state index < -0.39 is 0 Å². The standard InChI is InChI=1S/C13H14BrN3O/c1-8(2)11-7-12(17-16-11)15-13(18)9-4-3-5-10(14)6-9/h3-8H,1-2H3,(H2,15,16,17,18). The number of rotatable bonds is 3. The molecule has 1 amide bonds. The number of benzene rings is 1. The lowest BCUT2D eigenvalue weighted by molar-refractivity contribution is 0.102. The number of aromatic nitrogens is 2. The van der Waals surface area contributed by atoms with Gasteiger partial charge in [0.2, 0.25) is 0 Å². The van der Waals surface area contributed by atoms with Gasteiger partial charge in [-0.05, 0) is 24.1 Å². The highest BCUT2D eigenvalue weighted by Gasteiger charge is 2.09. The molecule has 18 heavy (non-hydrogen) atoms. The van der Waals surface area contributed by atoms with Gasteiger partial charge < -0.3 is 5.32 Å². The predicted octanol–water partition coefficient (Wildman–Crippen LogP) is 3.55. The van der Waals surface area contributed by atoms with Crippen molar-refractivity contribution >= 4 is 27.7 Å². The molecule has 2 aromatic rings. The van der Waals surface area contributed by atoms with Crippen LogP contribution in [0.2, 0.25) is 0 Å². The van der Waals surface area contributed by atoms with Crippen molar-refractivity contribution in [2.24, 2.45) is 0 Å². The van der Waals surface area contributed by atoms with Gasteiger partial charge in [0, 0.05) is 21.8 Å². The minimum absolute atomic E-state index is 0.168. The Hall–Kier alpha value is -1.62. The lowest BCUT2D eigenvalue weighted by Gasteiger charge is -2.02. The van der Waals surface area contributed by atoms with Crippen molar-refractivity contribution in [1.82, 2.24) is 10.2 Å². The number of nitrogens with zero attached hydrogens (tertiary/aromatic N) is 1. The van der Waals surface area contributed by atoms with E-state index in [0.717, 1.165) is 10.2 Å². The number of hydrogen-bond donors (Lipinski definition) is 2. The van der Waals surface area contributed by atoms with Gasteiger partial charge in [0.1, 0.15) is 0 Å². The normalized spacial score (nSPS) is 10.7. The number of aromatic amines is 1. The van der Waals surface area contributed by atoms with Gasteiger partial charge in [-0.3, -0.25) is 9.89 Å². The minimum Gasteiger partial charge on any atom is -0.305 e. The van der Waals surface area contributed by atoms with Crippen molar-refractivity contribution in [2.45, 2.75) is 19.8 Å². The van der Waals surface area contributed by atoms with Crippen LogP contribution in [0, 0.1) is 0 Å². The largest absolute Gasteiger partial charge is 0.305 e. The van der Waals surface area contributed by atoms with Crippen molar-refractivity contribution in [1.29, 1.82) is 0 Å². The fraction of sp³-hybridized carbons (Fsp3) is 0.231. The van der Waals surface area contributed by atoms with E-state index in [1.165, 1.54) is 0 Å². The lowest BCUT2D eigenvalue weighted by atomic mass is 10.1. The Bertz CT molecular complexity index is 563. The molecular formula is C13H14BrN3O. The summed E-state index contributed by atoms with van der Waals surface area (Å²) in [5.74, 6) is 0.732. The summed E-state index contributed by atoms with van der Waals surface area (Å²) in [6, 6.07) is 9.08. The number of carbonyl (C=O) groups is 1. The quantitative estimate of drug-likeness (QED) is 0.911. The second-order valence-electron chi connectivity index (χ2n) is 4.33. The zero-order valence-corrected chi connectivity index (χ0v) is 11.8. The van der Waals surface area contributed by atoms with Gasteiger partial charge in [-0.15, -0.1) is 0 Å². The van der Waals surface area contributed by atoms with E-state index in [4.69, 9.17) is 0 Å². The summed E-state index contributed by atoms with van der Waals surface area (Å²) in [4.78, 5) is 12.0. The Morgan fingerprint density at radius 1 is 1.39 bits per heavy atom. The molecule has 0 radical (unpaired) electrons. The molecule has 0 bridgehead atoms. The van der Waals surface area contributed by atoms with Crippen LogP contribution in [0.3, 0.4) is 0 Å². The molecule has 0 aliphatic rings. The minimum atomic E-state index is -0.168. The number of amides is 1. The van der Waals surface area contributed by atoms with Gasteiger partial charge >= 0.3 is 0 Å². The highest BCUT2D eigenvalue weighted by Crippen LogP contribution is 2.16. The third-order valence-corrected chi connectivity index (χ3v) is 3.04. The van der Waals surface area contributed by atoms with Crippen LogP contribution in [0.25, 0.3) is 0 Å². The average Bonchev–Trinajstić information content (AvgIpc) is 2.77. The van der Waals surface area contributed by atoms with E-state index in [1.807, 2.05) is 18.2 Å². The van der Waals surface area contributed by atoms with Crippen molar-refractivity contribution in [3.05, 3.63) is 46.1 Å². The molecule has 2 N–H and O–H groups in total. The second-order valence-corrected chi connectivity index (χ2v) is 5.24. The first kappa shape index (κ1) is 12.8. The number of halogens is 1. The fourth-order valence-electron chi connectivity index (χ4n) is 1.51. The van der Waals surface area contributed by atoms with E-state index in [9.17, 15) is 4.79 Å². The van der Waals surface area contributed by atoms with Gasteiger partial charge in [-0.2, -0.15) is 5.10 Å². The van der Waals surface area contributed by atoms with Crippen LogP contribution in [0.4, 0.5) is 5.82 Å². The topological polar surface area (TPSA) is 57.8 Å². The predicted molar refractivity (Wildman–Crippen MR) is 74.8 cm³/mol. The van der Waals surface area contributed by atoms with Gasteiger partial charge in [0.15, 0.2) is 5.82 Å². The summed E-state index contributed by atoms with van der Waals surface area (Å²) >= 11 is 3.34. The summed E-state index contributed by atoms with van der Waals surface area (Å²) in [6.07, 6.45) is 0. The Morgan fingerprint density at radius 3 is 2.78 bits per heavy atom. The molecule has 0 saturated heterocycles. The Morgan fingerprint density at radius 2 is 2.17 bits per heavy atom. The summed E-state index contributed by atoms with van der Waals surface area (Å²) in [7, 11) is 0. The van der Waals surface area contributed by atoms with E-state index in [0.29, 0.717) is 17.3 Å². The molecule has 0 aliphatic heterocycles. The maximum absolute atomic E-state index is 12.0. The molecule has 1 heterocycles. The molecule has 4 nitrogen and oxygen atoms in total. The summed E-state index contributed by atoms with van der Waals surface area (Å²) < 4.78 is 0.875. The van der Waals surface area contributed by atoms with Crippen LogP contribution in [-0.4, -0.2) is 16.1 Å². The van der Waals surface area contributed by atoms with Gasteiger partial charge in [-0.1, -0.05) is 35.8 Å². The first-order valence-electron chi connectivity index (χ1n) is 5.68. The van der Waals surface area contributed by atoms with E-state index in [1.54, 1.807) is 12.1 Å². The highest BCUT2D eigenvalue weighted by atomic mass is 79.9. The number of hydrogen-bond acceptors (Lipinski definition) is 2. The van der Waals surface area contributed by atoms with Gasteiger partial charge in [-0.25, -0.2) is 0 Å². The zero-order valence-electron chi connectivity index (χ0n) is 10.2. The number of anilines is 1. The van der Waals surface area contributed by atoms with Crippen LogP contribution in [0.1, 0.15) is 35.8 Å². The second kappa shape index (κ2) is 5.35. The monoisotopic (exact) mass is 307 g/mol. The number of H-pyrrole nitrogens is 1. The average molecular weight is 308 g/mol. The summed E-state index contributed by atoms with van der Waals surface area (Å²) in [5, 5.41) is 9.71. The van der Waals surface area contributed by atoms with Crippen molar-refractivity contribution in [2.75, 3.05) is 5.32 Å².